The Bertz CT molecular complexity index is 399. The summed E-state index contributed by atoms with van der Waals surface area (Å²) in [5.41, 5.74) is 2.79. The Morgan fingerprint density at radius 2 is 1.38 bits per heavy atom. The van der Waals surface area contributed by atoms with Crippen molar-refractivity contribution in [2.45, 2.75) is 90.5 Å². The summed E-state index contributed by atoms with van der Waals surface area (Å²) < 4.78 is 0. The van der Waals surface area contributed by atoms with E-state index in [4.69, 9.17) is 0 Å². The zero-order valence-electron chi connectivity index (χ0n) is 15.7. The Morgan fingerprint density at radius 3 is 2.00 bits per heavy atom. The molecule has 0 unspecified atom stereocenters. The molecule has 0 spiro atoms. The fourth-order valence-corrected chi connectivity index (χ4v) is 3.01. The minimum absolute atomic E-state index is 0.657. The smallest absolute Gasteiger partial charge is 0.120 e. The van der Waals surface area contributed by atoms with E-state index in [0.29, 0.717) is 6.42 Å². The zero-order valence-corrected chi connectivity index (χ0v) is 15.7. The van der Waals surface area contributed by atoms with Crippen LogP contribution in [0.4, 0.5) is 0 Å². The molecule has 0 aliphatic rings. The number of carbonyl (C=O) groups is 1. The molecule has 1 aromatic carbocycles. The molecule has 0 bridgehead atoms. The van der Waals surface area contributed by atoms with E-state index in [-0.39, 0.29) is 0 Å². The van der Waals surface area contributed by atoms with Gasteiger partial charge in [0, 0.05) is 13.0 Å². The van der Waals surface area contributed by atoms with Gasteiger partial charge in [-0.15, -0.1) is 0 Å². The van der Waals surface area contributed by atoms with Gasteiger partial charge < -0.3 is 10.1 Å². The third-order valence-electron chi connectivity index (χ3n) is 4.60. The zero-order chi connectivity index (χ0) is 17.3. The van der Waals surface area contributed by atoms with Gasteiger partial charge in [0.25, 0.3) is 0 Å². The Labute approximate surface area is 149 Å². The van der Waals surface area contributed by atoms with Crippen molar-refractivity contribution in [2.24, 2.45) is 0 Å². The molecule has 0 aliphatic heterocycles. The van der Waals surface area contributed by atoms with Crippen molar-refractivity contribution in [3.63, 3.8) is 0 Å². The molecule has 0 saturated carbocycles. The number of rotatable bonds is 16. The van der Waals surface area contributed by atoms with Gasteiger partial charge >= 0.3 is 0 Å². The first-order valence-corrected chi connectivity index (χ1v) is 10.1. The van der Waals surface area contributed by atoms with Gasteiger partial charge in [0.2, 0.25) is 0 Å². The number of unbranched alkanes of at least 4 members (excludes halogenated alkanes) is 9. The van der Waals surface area contributed by atoms with Crippen molar-refractivity contribution in [1.82, 2.24) is 5.32 Å². The topological polar surface area (TPSA) is 29.1 Å². The van der Waals surface area contributed by atoms with E-state index in [1.165, 1.54) is 75.3 Å². The van der Waals surface area contributed by atoms with Gasteiger partial charge in [0.05, 0.1) is 0 Å². The van der Waals surface area contributed by atoms with Crippen LogP contribution in [0, 0.1) is 0 Å². The molecule has 1 aromatic rings. The second-order valence-corrected chi connectivity index (χ2v) is 6.88. The molecule has 2 nitrogen and oxygen atoms in total. The number of aldehydes is 1. The Kier molecular flexibility index (Phi) is 13.4. The maximum atomic E-state index is 10.2. The standard InChI is InChI=1S/C22H37NO/c1-2-3-4-5-6-7-8-9-10-13-21-14-16-22(17-15-21)20-23-18-11-12-19-24/h14-17,19,23H,2-13,18,20H2,1H3. The first kappa shape index (κ1) is 20.9. The maximum Gasteiger partial charge on any atom is 0.120 e. The highest BCUT2D eigenvalue weighted by Crippen LogP contribution is 2.12. The number of aryl methyl sites for hydroxylation is 1. The van der Waals surface area contributed by atoms with Gasteiger partial charge in [0.15, 0.2) is 0 Å². The van der Waals surface area contributed by atoms with Crippen molar-refractivity contribution in [1.29, 1.82) is 0 Å². The Hall–Kier alpha value is -1.15. The van der Waals surface area contributed by atoms with Crippen LogP contribution in [-0.4, -0.2) is 12.8 Å². The highest BCUT2D eigenvalue weighted by Gasteiger charge is 1.97. The number of benzene rings is 1. The van der Waals surface area contributed by atoms with Crippen LogP contribution < -0.4 is 5.32 Å². The molecule has 0 fully saturated rings. The number of hydrogen-bond acceptors (Lipinski definition) is 2. The summed E-state index contributed by atoms with van der Waals surface area (Å²) in [6, 6.07) is 9.01. The molecule has 136 valence electrons. The van der Waals surface area contributed by atoms with Gasteiger partial charge in [-0.2, -0.15) is 0 Å². The number of carbonyl (C=O) groups excluding carboxylic acids is 1. The third kappa shape index (κ3) is 11.4. The lowest BCUT2D eigenvalue weighted by atomic mass is 10.0. The SMILES string of the molecule is CCCCCCCCCCCc1ccc(CNCCCC=O)cc1. The fourth-order valence-electron chi connectivity index (χ4n) is 3.01. The number of hydrogen-bond donors (Lipinski definition) is 1. The third-order valence-corrected chi connectivity index (χ3v) is 4.60. The lowest BCUT2D eigenvalue weighted by molar-refractivity contribution is -0.107. The quantitative estimate of drug-likeness (QED) is 0.305. The second kappa shape index (κ2) is 15.4. The van der Waals surface area contributed by atoms with Gasteiger partial charge in [-0.3, -0.25) is 0 Å². The normalized spacial score (nSPS) is 10.9. The van der Waals surface area contributed by atoms with Gasteiger partial charge in [-0.1, -0.05) is 82.6 Å². The molecule has 0 atom stereocenters. The average Bonchev–Trinajstić information content (AvgIpc) is 2.61. The highest BCUT2D eigenvalue weighted by atomic mass is 16.1. The minimum atomic E-state index is 0.657. The fraction of sp³-hybridized carbons (Fsp3) is 0.682. The lowest BCUT2D eigenvalue weighted by Crippen LogP contribution is -2.14. The monoisotopic (exact) mass is 331 g/mol. The molecule has 0 amide bonds. The second-order valence-electron chi connectivity index (χ2n) is 6.88. The van der Waals surface area contributed by atoms with Crippen LogP contribution in [0.1, 0.15) is 88.7 Å². The Balaban J connectivity index is 2.00. The molecule has 0 saturated heterocycles. The van der Waals surface area contributed by atoms with E-state index >= 15 is 0 Å². The van der Waals surface area contributed by atoms with Crippen LogP contribution in [0.15, 0.2) is 24.3 Å². The van der Waals surface area contributed by atoms with E-state index in [1.54, 1.807) is 0 Å². The molecular weight excluding hydrogens is 294 g/mol. The van der Waals surface area contributed by atoms with E-state index < -0.39 is 0 Å². The van der Waals surface area contributed by atoms with Crippen molar-refractivity contribution >= 4 is 6.29 Å². The minimum Gasteiger partial charge on any atom is -0.313 e. The summed E-state index contributed by atoms with van der Waals surface area (Å²) in [6.07, 6.45) is 16.3. The molecule has 0 heterocycles. The van der Waals surface area contributed by atoms with Crippen LogP contribution in [0.3, 0.4) is 0 Å². The maximum absolute atomic E-state index is 10.2. The van der Waals surface area contributed by atoms with Crippen molar-refractivity contribution < 1.29 is 4.79 Å². The first-order valence-electron chi connectivity index (χ1n) is 10.1. The summed E-state index contributed by atoms with van der Waals surface area (Å²) >= 11 is 0. The summed E-state index contributed by atoms with van der Waals surface area (Å²) in [7, 11) is 0. The summed E-state index contributed by atoms with van der Waals surface area (Å²) in [5.74, 6) is 0. The van der Waals surface area contributed by atoms with Gasteiger partial charge in [-0.05, 0) is 36.9 Å². The van der Waals surface area contributed by atoms with Crippen molar-refractivity contribution in [3.05, 3.63) is 35.4 Å². The van der Waals surface area contributed by atoms with Crippen LogP contribution in [0.5, 0.6) is 0 Å². The molecule has 24 heavy (non-hydrogen) atoms. The predicted molar refractivity (Wildman–Crippen MR) is 104 cm³/mol. The lowest BCUT2D eigenvalue weighted by Gasteiger charge is -2.06. The van der Waals surface area contributed by atoms with Crippen LogP contribution in [-0.2, 0) is 17.8 Å². The van der Waals surface area contributed by atoms with Crippen molar-refractivity contribution in [3.8, 4) is 0 Å². The first-order chi connectivity index (χ1) is 11.9. The molecular formula is C22H37NO. The van der Waals surface area contributed by atoms with E-state index in [0.717, 1.165) is 25.8 Å². The Morgan fingerprint density at radius 1 is 0.792 bits per heavy atom. The van der Waals surface area contributed by atoms with E-state index in [2.05, 4.69) is 36.5 Å². The molecule has 0 radical (unpaired) electrons. The van der Waals surface area contributed by atoms with Gasteiger partial charge in [-0.25, -0.2) is 0 Å². The highest BCUT2D eigenvalue weighted by molar-refractivity contribution is 5.48. The molecule has 0 aliphatic carbocycles. The summed E-state index contributed by atoms with van der Waals surface area (Å²) in [4.78, 5) is 10.2. The average molecular weight is 332 g/mol. The molecule has 0 aromatic heterocycles. The molecule has 2 heteroatoms. The van der Waals surface area contributed by atoms with E-state index in [9.17, 15) is 4.79 Å². The summed E-state index contributed by atoms with van der Waals surface area (Å²) in [6.45, 7) is 4.09. The molecule has 1 rings (SSSR count). The number of nitrogens with one attached hydrogen (secondary N) is 1. The van der Waals surface area contributed by atoms with Crippen molar-refractivity contribution in [2.75, 3.05) is 6.54 Å². The van der Waals surface area contributed by atoms with Gasteiger partial charge in [0.1, 0.15) is 6.29 Å². The largest absolute Gasteiger partial charge is 0.313 e. The molecule has 1 N–H and O–H groups in total. The van der Waals surface area contributed by atoms with Crippen LogP contribution in [0.25, 0.3) is 0 Å². The van der Waals surface area contributed by atoms with Crippen LogP contribution in [0.2, 0.25) is 0 Å². The summed E-state index contributed by atoms with van der Waals surface area (Å²) in [5, 5.41) is 3.38. The van der Waals surface area contributed by atoms with E-state index in [1.807, 2.05) is 0 Å². The van der Waals surface area contributed by atoms with Crippen LogP contribution >= 0.6 is 0 Å². The predicted octanol–water partition coefficient (Wildman–Crippen LogP) is 5.83.